The Hall–Kier alpha value is -2.75. The van der Waals surface area contributed by atoms with Crippen molar-refractivity contribution in [2.75, 3.05) is 0 Å². The van der Waals surface area contributed by atoms with Crippen LogP contribution in [0.5, 0.6) is 0 Å². The first-order chi connectivity index (χ1) is 10.6. The predicted octanol–water partition coefficient (Wildman–Crippen LogP) is 3.29. The van der Waals surface area contributed by atoms with Crippen molar-refractivity contribution in [3.05, 3.63) is 64.7 Å². The van der Waals surface area contributed by atoms with E-state index >= 15 is 0 Å². The highest BCUT2D eigenvalue weighted by atomic mass is 16.1. The van der Waals surface area contributed by atoms with Gasteiger partial charge in [0.15, 0.2) is 11.2 Å². The zero-order valence-corrected chi connectivity index (χ0v) is 12.5. The highest BCUT2D eigenvalue weighted by Crippen LogP contribution is 2.23. The second-order valence-electron chi connectivity index (χ2n) is 5.18. The second-order valence-corrected chi connectivity index (χ2v) is 5.18. The van der Waals surface area contributed by atoms with Gasteiger partial charge in [-0.2, -0.15) is 0 Å². The maximum absolute atomic E-state index is 12.4. The first-order valence-electron chi connectivity index (χ1n) is 7.20. The molecule has 0 fully saturated rings. The first-order valence-corrected chi connectivity index (χ1v) is 7.20. The largest absolute Gasteiger partial charge is 0.347 e. The topological polar surface area (TPSA) is 52.0 Å². The van der Waals surface area contributed by atoms with Gasteiger partial charge in [-0.05, 0) is 49.2 Å². The quantitative estimate of drug-likeness (QED) is 0.696. The Labute approximate surface area is 128 Å². The molecule has 0 amide bonds. The van der Waals surface area contributed by atoms with E-state index in [1.54, 1.807) is 24.7 Å². The molecule has 22 heavy (non-hydrogen) atoms. The lowest BCUT2D eigenvalue weighted by molar-refractivity contribution is 0.101. The molecule has 2 heterocycles. The minimum absolute atomic E-state index is 0.200. The molecule has 4 nitrogen and oxygen atoms in total. The molecule has 0 spiro atoms. The fourth-order valence-corrected chi connectivity index (χ4v) is 2.63. The summed E-state index contributed by atoms with van der Waals surface area (Å²) in [4.78, 5) is 28.1. The van der Waals surface area contributed by atoms with Gasteiger partial charge in [0, 0.05) is 30.5 Å². The van der Waals surface area contributed by atoms with Crippen LogP contribution in [0.4, 0.5) is 0 Å². The zero-order valence-electron chi connectivity index (χ0n) is 12.5. The monoisotopic (exact) mass is 292 g/mol. The summed E-state index contributed by atoms with van der Waals surface area (Å²) in [5.74, 6) is -0.202. The van der Waals surface area contributed by atoms with E-state index in [0.717, 1.165) is 16.6 Å². The Morgan fingerprint density at radius 3 is 2.50 bits per heavy atom. The van der Waals surface area contributed by atoms with Crippen molar-refractivity contribution < 1.29 is 4.79 Å². The molecule has 0 aliphatic rings. The van der Waals surface area contributed by atoms with Crippen LogP contribution in [0.3, 0.4) is 0 Å². The number of Topliss-reactive ketones (excluding diaryl/α,β-unsaturated/α-hetero) is 1. The normalized spacial score (nSPS) is 10.8. The number of benzene rings is 1. The Bertz CT molecular complexity index is 912. The number of hydrogen-bond acceptors (Lipinski definition) is 3. The van der Waals surface area contributed by atoms with Crippen LogP contribution in [-0.4, -0.2) is 15.3 Å². The molecule has 0 unspecified atom stereocenters. The van der Waals surface area contributed by atoms with E-state index in [9.17, 15) is 9.59 Å². The van der Waals surface area contributed by atoms with Crippen LogP contribution in [0, 0.1) is 0 Å². The minimum Gasteiger partial charge on any atom is -0.347 e. The Balaban J connectivity index is 2.31. The highest BCUT2D eigenvalue weighted by Gasteiger charge is 2.12. The van der Waals surface area contributed by atoms with Gasteiger partial charge in [-0.15, -0.1) is 0 Å². The summed E-state index contributed by atoms with van der Waals surface area (Å²) < 4.78 is 1.94. The van der Waals surface area contributed by atoms with Crippen LogP contribution in [0.25, 0.3) is 22.0 Å². The van der Waals surface area contributed by atoms with E-state index in [-0.39, 0.29) is 16.8 Å². The Morgan fingerprint density at radius 1 is 1.14 bits per heavy atom. The number of carbonyl (C=O) groups excluding carboxylic acids is 1. The summed E-state index contributed by atoms with van der Waals surface area (Å²) in [6.07, 6.45) is 5.14. The second kappa shape index (κ2) is 5.56. The standard InChI is InChI=1S/C18H16N2O2/c1-3-20-11-16(12(2)21)18(22)15-5-4-14(10-17(15)20)13-6-8-19-9-7-13/h4-11H,3H2,1-2H3. The highest BCUT2D eigenvalue weighted by molar-refractivity contribution is 5.97. The molecule has 4 heteroatoms. The fraction of sp³-hybridized carbons (Fsp3) is 0.167. The number of carbonyl (C=O) groups is 1. The van der Waals surface area contributed by atoms with Crippen LogP contribution >= 0.6 is 0 Å². The average molecular weight is 292 g/mol. The molecule has 0 atom stereocenters. The minimum atomic E-state index is -0.202. The lowest BCUT2D eigenvalue weighted by Gasteiger charge is -2.12. The van der Waals surface area contributed by atoms with Crippen LogP contribution in [0.2, 0.25) is 0 Å². The van der Waals surface area contributed by atoms with E-state index < -0.39 is 0 Å². The summed E-state index contributed by atoms with van der Waals surface area (Å²) in [6.45, 7) is 4.11. The van der Waals surface area contributed by atoms with Gasteiger partial charge in [0.25, 0.3) is 0 Å². The lowest BCUT2D eigenvalue weighted by atomic mass is 10.0. The van der Waals surface area contributed by atoms with Gasteiger partial charge in [0.2, 0.25) is 0 Å². The van der Waals surface area contributed by atoms with Gasteiger partial charge >= 0.3 is 0 Å². The summed E-state index contributed by atoms with van der Waals surface area (Å²) in [7, 11) is 0. The number of pyridine rings is 2. The molecule has 0 aliphatic carbocycles. The number of fused-ring (bicyclic) bond motifs is 1. The van der Waals surface area contributed by atoms with E-state index in [0.29, 0.717) is 11.9 Å². The predicted molar refractivity (Wildman–Crippen MR) is 87.1 cm³/mol. The van der Waals surface area contributed by atoms with E-state index in [2.05, 4.69) is 4.98 Å². The maximum atomic E-state index is 12.4. The fourth-order valence-electron chi connectivity index (χ4n) is 2.63. The van der Waals surface area contributed by atoms with Crippen LogP contribution < -0.4 is 5.43 Å². The van der Waals surface area contributed by atoms with Gasteiger partial charge in [0.1, 0.15) is 0 Å². The molecule has 0 bridgehead atoms. The average Bonchev–Trinajstić information content (AvgIpc) is 2.55. The molecule has 0 saturated carbocycles. The van der Waals surface area contributed by atoms with Crippen LogP contribution in [0.15, 0.2) is 53.7 Å². The molecule has 0 N–H and O–H groups in total. The van der Waals surface area contributed by atoms with Crippen molar-refractivity contribution in [1.29, 1.82) is 0 Å². The summed E-state index contributed by atoms with van der Waals surface area (Å²) in [5, 5.41) is 0.576. The van der Waals surface area contributed by atoms with Crippen molar-refractivity contribution in [2.24, 2.45) is 0 Å². The number of ketones is 1. The molecule has 3 rings (SSSR count). The van der Waals surface area contributed by atoms with Crippen molar-refractivity contribution in [3.8, 4) is 11.1 Å². The summed E-state index contributed by atoms with van der Waals surface area (Å²) in [6, 6.07) is 9.55. The Morgan fingerprint density at radius 2 is 1.86 bits per heavy atom. The van der Waals surface area contributed by atoms with Crippen molar-refractivity contribution in [2.45, 2.75) is 20.4 Å². The number of aryl methyl sites for hydroxylation is 1. The van der Waals surface area contributed by atoms with Gasteiger partial charge in [-0.1, -0.05) is 6.07 Å². The molecule has 0 aliphatic heterocycles. The molecule has 3 aromatic rings. The lowest BCUT2D eigenvalue weighted by Crippen LogP contribution is -2.17. The molecular formula is C18H16N2O2. The van der Waals surface area contributed by atoms with E-state index in [1.165, 1.54) is 6.92 Å². The first kappa shape index (κ1) is 14.2. The summed E-state index contributed by atoms with van der Waals surface area (Å²) in [5.41, 5.74) is 2.95. The summed E-state index contributed by atoms with van der Waals surface area (Å²) >= 11 is 0. The van der Waals surface area contributed by atoms with Gasteiger partial charge < -0.3 is 4.57 Å². The van der Waals surface area contributed by atoms with Crippen LogP contribution in [-0.2, 0) is 6.54 Å². The molecule has 0 saturated heterocycles. The third kappa shape index (κ3) is 2.33. The Kier molecular flexibility index (Phi) is 3.59. The van der Waals surface area contributed by atoms with E-state index in [4.69, 9.17) is 0 Å². The number of nitrogens with zero attached hydrogens (tertiary/aromatic N) is 2. The molecular weight excluding hydrogens is 276 g/mol. The van der Waals surface area contributed by atoms with Crippen molar-refractivity contribution in [3.63, 3.8) is 0 Å². The number of hydrogen-bond donors (Lipinski definition) is 0. The molecule has 0 radical (unpaired) electrons. The molecule has 1 aromatic carbocycles. The third-order valence-electron chi connectivity index (χ3n) is 3.81. The van der Waals surface area contributed by atoms with Crippen LogP contribution in [0.1, 0.15) is 24.2 Å². The zero-order chi connectivity index (χ0) is 15.7. The van der Waals surface area contributed by atoms with Crippen molar-refractivity contribution in [1.82, 2.24) is 9.55 Å². The molecule has 2 aromatic heterocycles. The van der Waals surface area contributed by atoms with Gasteiger partial charge in [-0.25, -0.2) is 0 Å². The molecule has 110 valence electrons. The smallest absolute Gasteiger partial charge is 0.200 e. The van der Waals surface area contributed by atoms with Gasteiger partial charge in [-0.3, -0.25) is 14.6 Å². The number of aromatic nitrogens is 2. The maximum Gasteiger partial charge on any atom is 0.200 e. The number of rotatable bonds is 3. The van der Waals surface area contributed by atoms with Gasteiger partial charge in [0.05, 0.1) is 11.1 Å². The SMILES string of the molecule is CCn1cc(C(C)=O)c(=O)c2ccc(-c3ccncc3)cc21. The van der Waals surface area contributed by atoms with E-state index in [1.807, 2.05) is 35.8 Å². The third-order valence-corrected chi connectivity index (χ3v) is 3.81. The van der Waals surface area contributed by atoms with Crippen molar-refractivity contribution >= 4 is 16.7 Å².